The van der Waals surface area contributed by atoms with Gasteiger partial charge in [-0.05, 0) is 49.9 Å². The second-order valence-corrected chi connectivity index (χ2v) is 5.49. The average Bonchev–Trinajstić information content (AvgIpc) is 2.40. The van der Waals surface area contributed by atoms with Crippen molar-refractivity contribution in [1.29, 1.82) is 0 Å². The van der Waals surface area contributed by atoms with Crippen molar-refractivity contribution >= 4 is 15.9 Å². The van der Waals surface area contributed by atoms with Crippen LogP contribution < -0.4 is 10.1 Å². The molecule has 0 spiro atoms. The summed E-state index contributed by atoms with van der Waals surface area (Å²) < 4.78 is 6.34. The standard InChI is InChI=1S/C14H20BrNO2/c1-3-9-8-11(18-2)14(17)12(13(9)15)10-4-6-16-7-5-10/h8,10,16-17H,3-7H2,1-2H3. The van der Waals surface area contributed by atoms with E-state index in [2.05, 4.69) is 28.2 Å². The second-order valence-electron chi connectivity index (χ2n) is 4.69. The summed E-state index contributed by atoms with van der Waals surface area (Å²) >= 11 is 3.66. The summed E-state index contributed by atoms with van der Waals surface area (Å²) in [6.45, 7) is 4.13. The number of aromatic hydroxyl groups is 1. The zero-order valence-electron chi connectivity index (χ0n) is 10.9. The van der Waals surface area contributed by atoms with Crippen LogP contribution in [-0.2, 0) is 6.42 Å². The lowest BCUT2D eigenvalue weighted by Crippen LogP contribution is -2.27. The molecule has 1 heterocycles. The molecule has 18 heavy (non-hydrogen) atoms. The lowest BCUT2D eigenvalue weighted by molar-refractivity contribution is 0.361. The third kappa shape index (κ3) is 2.50. The zero-order valence-corrected chi connectivity index (χ0v) is 12.5. The molecule has 0 amide bonds. The third-order valence-corrected chi connectivity index (χ3v) is 4.60. The van der Waals surface area contributed by atoms with Crippen LogP contribution in [0.2, 0.25) is 0 Å². The number of benzene rings is 1. The molecule has 1 aromatic carbocycles. The van der Waals surface area contributed by atoms with Crippen molar-refractivity contribution in [1.82, 2.24) is 5.32 Å². The molecule has 1 aromatic rings. The molecule has 0 aromatic heterocycles. The van der Waals surface area contributed by atoms with Crippen molar-refractivity contribution < 1.29 is 9.84 Å². The Morgan fingerprint density at radius 3 is 2.67 bits per heavy atom. The summed E-state index contributed by atoms with van der Waals surface area (Å²) in [7, 11) is 1.61. The first kappa shape index (κ1) is 13.7. The van der Waals surface area contributed by atoms with Crippen LogP contribution in [0, 0.1) is 0 Å². The number of aryl methyl sites for hydroxylation is 1. The maximum absolute atomic E-state index is 10.4. The highest BCUT2D eigenvalue weighted by molar-refractivity contribution is 9.10. The van der Waals surface area contributed by atoms with E-state index < -0.39 is 0 Å². The summed E-state index contributed by atoms with van der Waals surface area (Å²) in [6, 6.07) is 1.92. The normalized spacial score (nSPS) is 16.8. The summed E-state index contributed by atoms with van der Waals surface area (Å²) in [5.41, 5.74) is 2.21. The Morgan fingerprint density at radius 2 is 2.11 bits per heavy atom. The number of phenols is 1. The minimum absolute atomic E-state index is 0.300. The second kappa shape index (κ2) is 5.93. The number of rotatable bonds is 3. The van der Waals surface area contributed by atoms with Gasteiger partial charge in [0.2, 0.25) is 0 Å². The minimum atomic E-state index is 0.300. The zero-order chi connectivity index (χ0) is 13.1. The van der Waals surface area contributed by atoms with E-state index in [-0.39, 0.29) is 0 Å². The molecule has 1 aliphatic heterocycles. The molecule has 1 aliphatic rings. The Kier molecular flexibility index (Phi) is 4.51. The monoisotopic (exact) mass is 313 g/mol. The predicted octanol–water partition coefficient (Wildman–Crippen LogP) is 3.19. The van der Waals surface area contributed by atoms with Gasteiger partial charge in [0.05, 0.1) is 7.11 Å². The lowest BCUT2D eigenvalue weighted by Gasteiger charge is -2.26. The number of halogens is 1. The lowest BCUT2D eigenvalue weighted by atomic mass is 9.88. The van der Waals surface area contributed by atoms with Gasteiger partial charge in [-0.1, -0.05) is 22.9 Å². The smallest absolute Gasteiger partial charge is 0.162 e. The molecule has 0 radical (unpaired) electrons. The van der Waals surface area contributed by atoms with Gasteiger partial charge in [-0.25, -0.2) is 0 Å². The molecule has 4 heteroatoms. The van der Waals surface area contributed by atoms with E-state index in [1.54, 1.807) is 7.11 Å². The van der Waals surface area contributed by atoms with Crippen molar-refractivity contribution in [3.8, 4) is 11.5 Å². The van der Waals surface area contributed by atoms with Gasteiger partial charge in [0.25, 0.3) is 0 Å². The first-order valence-corrected chi connectivity index (χ1v) is 7.27. The number of phenolic OH excluding ortho intramolecular Hbond substituents is 1. The van der Waals surface area contributed by atoms with Crippen LogP contribution in [-0.4, -0.2) is 25.3 Å². The topological polar surface area (TPSA) is 41.5 Å². The molecule has 2 N–H and O–H groups in total. The van der Waals surface area contributed by atoms with Crippen LogP contribution in [0.1, 0.15) is 36.8 Å². The van der Waals surface area contributed by atoms with E-state index in [0.717, 1.165) is 42.4 Å². The fraction of sp³-hybridized carbons (Fsp3) is 0.571. The molecular formula is C14H20BrNO2. The fourth-order valence-electron chi connectivity index (χ4n) is 2.60. The van der Waals surface area contributed by atoms with Gasteiger partial charge in [-0.15, -0.1) is 0 Å². The van der Waals surface area contributed by atoms with E-state index in [1.807, 2.05) is 6.07 Å². The highest BCUT2D eigenvalue weighted by Gasteiger charge is 2.24. The van der Waals surface area contributed by atoms with Crippen molar-refractivity contribution in [2.24, 2.45) is 0 Å². The van der Waals surface area contributed by atoms with E-state index in [1.165, 1.54) is 5.56 Å². The average molecular weight is 314 g/mol. The van der Waals surface area contributed by atoms with Gasteiger partial charge >= 0.3 is 0 Å². The summed E-state index contributed by atoms with van der Waals surface area (Å²) in [4.78, 5) is 0. The SMILES string of the molecule is CCc1cc(OC)c(O)c(C2CCNCC2)c1Br. The fourth-order valence-corrected chi connectivity index (χ4v) is 3.50. The van der Waals surface area contributed by atoms with E-state index in [4.69, 9.17) is 4.74 Å². The molecule has 0 aliphatic carbocycles. The predicted molar refractivity (Wildman–Crippen MR) is 76.6 cm³/mol. The van der Waals surface area contributed by atoms with Crippen molar-refractivity contribution in [2.45, 2.75) is 32.1 Å². The molecule has 100 valence electrons. The van der Waals surface area contributed by atoms with Gasteiger partial charge in [-0.3, -0.25) is 0 Å². The molecular weight excluding hydrogens is 294 g/mol. The van der Waals surface area contributed by atoms with Crippen LogP contribution in [0.5, 0.6) is 11.5 Å². The Morgan fingerprint density at radius 1 is 1.44 bits per heavy atom. The molecule has 0 bridgehead atoms. The molecule has 1 saturated heterocycles. The summed E-state index contributed by atoms with van der Waals surface area (Å²) in [5.74, 6) is 1.29. The van der Waals surface area contributed by atoms with Crippen molar-refractivity contribution in [3.05, 3.63) is 21.7 Å². The maximum Gasteiger partial charge on any atom is 0.162 e. The maximum atomic E-state index is 10.4. The number of hydrogen-bond acceptors (Lipinski definition) is 3. The van der Waals surface area contributed by atoms with Crippen LogP contribution in [0.4, 0.5) is 0 Å². The molecule has 0 unspecified atom stereocenters. The van der Waals surface area contributed by atoms with E-state index >= 15 is 0 Å². The Bertz CT molecular complexity index is 400. The largest absolute Gasteiger partial charge is 0.504 e. The minimum Gasteiger partial charge on any atom is -0.504 e. The van der Waals surface area contributed by atoms with Crippen molar-refractivity contribution in [2.75, 3.05) is 20.2 Å². The molecule has 0 saturated carbocycles. The van der Waals surface area contributed by atoms with Gasteiger partial charge in [0.15, 0.2) is 11.5 Å². The molecule has 2 rings (SSSR count). The van der Waals surface area contributed by atoms with E-state index in [0.29, 0.717) is 17.4 Å². The number of ether oxygens (including phenoxy) is 1. The molecule has 1 fully saturated rings. The van der Waals surface area contributed by atoms with Gasteiger partial charge in [-0.2, -0.15) is 0 Å². The number of hydrogen-bond donors (Lipinski definition) is 2. The van der Waals surface area contributed by atoms with Crippen LogP contribution >= 0.6 is 15.9 Å². The van der Waals surface area contributed by atoms with Gasteiger partial charge in [0.1, 0.15) is 0 Å². The molecule has 0 atom stereocenters. The third-order valence-electron chi connectivity index (χ3n) is 3.66. The number of nitrogens with one attached hydrogen (secondary N) is 1. The summed E-state index contributed by atoms with van der Waals surface area (Å²) in [5, 5.41) is 13.7. The van der Waals surface area contributed by atoms with Crippen molar-refractivity contribution in [3.63, 3.8) is 0 Å². The van der Waals surface area contributed by atoms with Crippen LogP contribution in [0.3, 0.4) is 0 Å². The quantitative estimate of drug-likeness (QED) is 0.900. The first-order valence-electron chi connectivity index (χ1n) is 6.48. The van der Waals surface area contributed by atoms with Gasteiger partial charge in [0, 0.05) is 10.0 Å². The van der Waals surface area contributed by atoms with Gasteiger partial charge < -0.3 is 15.2 Å². The van der Waals surface area contributed by atoms with E-state index in [9.17, 15) is 5.11 Å². The summed E-state index contributed by atoms with van der Waals surface area (Å²) in [6.07, 6.45) is 3.04. The Hall–Kier alpha value is -0.740. The number of piperidine rings is 1. The highest BCUT2D eigenvalue weighted by atomic mass is 79.9. The highest BCUT2D eigenvalue weighted by Crippen LogP contribution is 2.44. The number of methoxy groups -OCH3 is 1. The Labute approximate surface area is 117 Å². The van der Waals surface area contributed by atoms with Crippen LogP contribution in [0.15, 0.2) is 10.5 Å². The first-order chi connectivity index (χ1) is 8.69. The van der Waals surface area contributed by atoms with Crippen LogP contribution in [0.25, 0.3) is 0 Å². The Balaban J connectivity index is 2.48. The molecule has 3 nitrogen and oxygen atoms in total.